The molecule has 1 saturated heterocycles. The topological polar surface area (TPSA) is 44.3 Å². The number of hydrogen-bond donors (Lipinski definition) is 3. The maximum absolute atomic E-state index is 9.58. The minimum absolute atomic E-state index is 0.378. The van der Waals surface area contributed by atoms with Gasteiger partial charge in [-0.2, -0.15) is 0 Å². The van der Waals surface area contributed by atoms with Gasteiger partial charge >= 0.3 is 7.05 Å². The average Bonchev–Trinajstić information content (AvgIpc) is 2.29. The second-order valence-corrected chi connectivity index (χ2v) is 5.99. The molecule has 0 aromatic rings. The van der Waals surface area contributed by atoms with Crippen LogP contribution in [0, 0.1) is 11.8 Å². The van der Waals surface area contributed by atoms with Gasteiger partial charge in [0.1, 0.15) is 0 Å². The Bertz CT molecular complexity index is 231. The fourth-order valence-electron chi connectivity index (χ4n) is 3.83. The van der Waals surface area contributed by atoms with Crippen molar-refractivity contribution in [3.63, 3.8) is 0 Å². The quantitative estimate of drug-likeness (QED) is 0.655. The number of rotatable bonds is 3. The van der Waals surface area contributed by atoms with E-state index in [1.54, 1.807) is 0 Å². The zero-order valence-corrected chi connectivity index (χ0v) is 11.3. The van der Waals surface area contributed by atoms with Crippen LogP contribution in [-0.2, 0) is 0 Å². The van der Waals surface area contributed by atoms with Crippen molar-refractivity contribution in [2.45, 2.75) is 64.4 Å². The van der Waals surface area contributed by atoms with E-state index < -0.39 is 0 Å². The van der Waals surface area contributed by atoms with Gasteiger partial charge in [-0.05, 0) is 44.5 Å². The first kappa shape index (κ1) is 13.4. The molecule has 4 unspecified atom stereocenters. The summed E-state index contributed by atoms with van der Waals surface area (Å²) in [4.78, 5) is 0. The Balaban J connectivity index is 2.01. The smallest absolute Gasteiger partial charge is 0.373 e. The second-order valence-electron chi connectivity index (χ2n) is 5.99. The lowest BCUT2D eigenvalue weighted by atomic mass is 9.69. The van der Waals surface area contributed by atoms with Crippen molar-refractivity contribution < 1.29 is 5.02 Å². The fraction of sp³-hybridized carbons (Fsp3) is 1.00. The van der Waals surface area contributed by atoms with Crippen LogP contribution in [-0.4, -0.2) is 30.7 Å². The molecule has 2 fully saturated rings. The van der Waals surface area contributed by atoms with E-state index in [-0.39, 0.29) is 7.05 Å². The molecule has 2 aliphatic rings. The van der Waals surface area contributed by atoms with Crippen molar-refractivity contribution in [3.8, 4) is 0 Å². The highest BCUT2D eigenvalue weighted by Gasteiger charge is 2.37. The molecule has 0 amide bonds. The Kier molecular flexibility index (Phi) is 4.89. The molecule has 0 aromatic heterocycles. The van der Waals surface area contributed by atoms with Crippen molar-refractivity contribution in [1.29, 1.82) is 0 Å². The first-order valence-electron chi connectivity index (χ1n) is 7.36. The molecule has 1 aliphatic carbocycles. The van der Waals surface area contributed by atoms with E-state index in [1.807, 2.05) is 6.82 Å². The molecule has 0 bridgehead atoms. The third-order valence-corrected chi connectivity index (χ3v) is 4.56. The lowest BCUT2D eigenvalue weighted by Crippen LogP contribution is -2.55. The van der Waals surface area contributed by atoms with Crippen LogP contribution in [0.4, 0.5) is 0 Å². The maximum atomic E-state index is 9.58. The first-order valence-corrected chi connectivity index (χ1v) is 7.36. The predicted octanol–water partition coefficient (Wildman–Crippen LogP) is 1.63. The van der Waals surface area contributed by atoms with Gasteiger partial charge in [0, 0.05) is 12.1 Å². The van der Waals surface area contributed by atoms with Crippen LogP contribution in [0.15, 0.2) is 0 Å². The first-order chi connectivity index (χ1) is 8.18. The van der Waals surface area contributed by atoms with Gasteiger partial charge in [0.05, 0.1) is 0 Å². The van der Waals surface area contributed by atoms with Gasteiger partial charge in [0.15, 0.2) is 0 Å². The fourth-order valence-corrected chi connectivity index (χ4v) is 3.83. The van der Waals surface area contributed by atoms with Gasteiger partial charge in [0.2, 0.25) is 0 Å². The van der Waals surface area contributed by atoms with E-state index in [0.717, 1.165) is 5.92 Å². The third-order valence-electron chi connectivity index (χ3n) is 4.56. The summed E-state index contributed by atoms with van der Waals surface area (Å²) in [6.45, 7) is 5.40. The summed E-state index contributed by atoms with van der Waals surface area (Å²) in [5, 5.41) is 16.7. The number of piperidine rings is 1. The number of nitrogens with one attached hydrogen (secondary N) is 2. The van der Waals surface area contributed by atoms with Crippen LogP contribution < -0.4 is 10.5 Å². The van der Waals surface area contributed by atoms with Crippen molar-refractivity contribution >= 4 is 7.05 Å². The molecule has 3 N–H and O–H groups in total. The average molecular weight is 238 g/mol. The van der Waals surface area contributed by atoms with Crippen molar-refractivity contribution in [3.05, 3.63) is 0 Å². The summed E-state index contributed by atoms with van der Waals surface area (Å²) < 4.78 is 0. The van der Waals surface area contributed by atoms with Gasteiger partial charge in [-0.15, -0.1) is 0 Å². The molecule has 0 radical (unpaired) electrons. The normalized spacial score (nSPS) is 39.0. The van der Waals surface area contributed by atoms with Gasteiger partial charge in [-0.1, -0.05) is 26.2 Å². The lowest BCUT2D eigenvalue weighted by molar-refractivity contribution is 0.137. The lowest BCUT2D eigenvalue weighted by Gasteiger charge is -2.44. The molecule has 17 heavy (non-hydrogen) atoms. The van der Waals surface area contributed by atoms with Crippen LogP contribution in [0.1, 0.15) is 45.4 Å². The van der Waals surface area contributed by atoms with E-state index in [1.165, 1.54) is 45.1 Å². The highest BCUT2D eigenvalue weighted by atomic mass is 16.2. The SMILES string of the molecule is CB(O)NC1CCCC(C)C1C1CCCCN1. The molecule has 1 aliphatic heterocycles. The zero-order valence-electron chi connectivity index (χ0n) is 11.3. The summed E-state index contributed by atoms with van der Waals surface area (Å²) in [6.07, 6.45) is 7.87. The Hall–Kier alpha value is -0.0551. The van der Waals surface area contributed by atoms with Crippen LogP contribution >= 0.6 is 0 Å². The summed E-state index contributed by atoms with van der Waals surface area (Å²) in [6, 6.07) is 1.16. The standard InChI is InChI=1S/C13H27BN2O/c1-10-6-5-8-12(16-14(2)17)13(10)11-7-3-4-9-15-11/h10-13,15-17H,3-9H2,1-2H3. The van der Waals surface area contributed by atoms with Crippen LogP contribution in [0.5, 0.6) is 0 Å². The van der Waals surface area contributed by atoms with Gasteiger partial charge in [-0.25, -0.2) is 0 Å². The van der Waals surface area contributed by atoms with E-state index in [4.69, 9.17) is 0 Å². The van der Waals surface area contributed by atoms with E-state index in [9.17, 15) is 5.02 Å². The van der Waals surface area contributed by atoms with E-state index >= 15 is 0 Å². The maximum Gasteiger partial charge on any atom is 0.373 e. The molecule has 3 nitrogen and oxygen atoms in total. The molecule has 2 rings (SSSR count). The molecule has 4 heteroatoms. The summed E-state index contributed by atoms with van der Waals surface area (Å²) >= 11 is 0. The summed E-state index contributed by atoms with van der Waals surface area (Å²) in [5.41, 5.74) is 0. The zero-order chi connectivity index (χ0) is 12.3. The van der Waals surface area contributed by atoms with E-state index in [2.05, 4.69) is 17.5 Å². The third kappa shape index (κ3) is 3.46. The summed E-state index contributed by atoms with van der Waals surface area (Å²) in [5.74, 6) is 1.47. The van der Waals surface area contributed by atoms with Crippen molar-refractivity contribution in [2.75, 3.05) is 6.54 Å². The van der Waals surface area contributed by atoms with Gasteiger partial charge < -0.3 is 15.6 Å². The Morgan fingerprint density at radius 2 is 2.00 bits per heavy atom. The largest absolute Gasteiger partial charge is 0.437 e. The predicted molar refractivity (Wildman–Crippen MR) is 72.9 cm³/mol. The van der Waals surface area contributed by atoms with Crippen LogP contribution in [0.2, 0.25) is 6.82 Å². The van der Waals surface area contributed by atoms with Crippen molar-refractivity contribution in [1.82, 2.24) is 10.5 Å². The van der Waals surface area contributed by atoms with Gasteiger partial charge in [0.25, 0.3) is 0 Å². The molecule has 0 aromatic carbocycles. The van der Waals surface area contributed by atoms with Gasteiger partial charge in [-0.3, -0.25) is 0 Å². The molecule has 1 heterocycles. The molecule has 4 atom stereocenters. The molecule has 0 spiro atoms. The molecule has 98 valence electrons. The highest BCUT2D eigenvalue weighted by Crippen LogP contribution is 2.34. The molecular formula is C13H27BN2O. The minimum atomic E-state index is -0.378. The highest BCUT2D eigenvalue weighted by molar-refractivity contribution is 6.45. The van der Waals surface area contributed by atoms with Crippen LogP contribution in [0.25, 0.3) is 0 Å². The molecular weight excluding hydrogens is 211 g/mol. The van der Waals surface area contributed by atoms with E-state index in [0.29, 0.717) is 18.0 Å². The Morgan fingerprint density at radius 3 is 2.65 bits per heavy atom. The van der Waals surface area contributed by atoms with Crippen LogP contribution in [0.3, 0.4) is 0 Å². The summed E-state index contributed by atoms with van der Waals surface area (Å²) in [7, 11) is -0.378. The van der Waals surface area contributed by atoms with Crippen molar-refractivity contribution in [2.24, 2.45) is 11.8 Å². The molecule has 1 saturated carbocycles. The monoisotopic (exact) mass is 238 g/mol. The Morgan fingerprint density at radius 1 is 1.18 bits per heavy atom. The second kappa shape index (κ2) is 6.21. The minimum Gasteiger partial charge on any atom is -0.437 e. The Labute approximate surface area is 106 Å². The number of hydrogen-bond acceptors (Lipinski definition) is 3.